The zero-order valence-corrected chi connectivity index (χ0v) is 7.89. The van der Waals surface area contributed by atoms with Crippen molar-refractivity contribution in [2.24, 2.45) is 0 Å². The van der Waals surface area contributed by atoms with Gasteiger partial charge in [0, 0.05) is 12.1 Å². The van der Waals surface area contributed by atoms with Crippen molar-refractivity contribution in [1.82, 2.24) is 0 Å². The summed E-state index contributed by atoms with van der Waals surface area (Å²) in [7, 11) is 0. The van der Waals surface area contributed by atoms with Gasteiger partial charge in [0.15, 0.2) is 0 Å². The maximum atomic E-state index is 11.8. The number of non-ortho nitro benzene ring substituents is 1. The van der Waals surface area contributed by atoms with Crippen molar-refractivity contribution in [1.29, 1.82) is 5.26 Å². The summed E-state index contributed by atoms with van der Waals surface area (Å²) in [6.45, 7) is -0.855. The zero-order chi connectivity index (χ0) is 12.1. The van der Waals surface area contributed by atoms with Gasteiger partial charge in [-0.25, -0.2) is 8.78 Å². The Kier molecular flexibility index (Phi) is 3.72. The van der Waals surface area contributed by atoms with Crippen LogP contribution in [0.5, 0.6) is 5.75 Å². The van der Waals surface area contributed by atoms with Gasteiger partial charge in [-0.3, -0.25) is 10.1 Å². The molecule has 0 fully saturated rings. The summed E-state index contributed by atoms with van der Waals surface area (Å²) in [6.07, 6.45) is -2.67. The lowest BCUT2D eigenvalue weighted by Crippen LogP contribution is -2.08. The average Bonchev–Trinajstić information content (AvgIpc) is 2.25. The highest BCUT2D eigenvalue weighted by Crippen LogP contribution is 2.23. The molecular formula is C9H6F2N2O3. The summed E-state index contributed by atoms with van der Waals surface area (Å²) < 4.78 is 28.3. The molecule has 0 atom stereocenters. The number of rotatable bonds is 4. The molecule has 0 saturated heterocycles. The van der Waals surface area contributed by atoms with Crippen molar-refractivity contribution < 1.29 is 18.4 Å². The fraction of sp³-hybridized carbons (Fsp3) is 0.222. The third-order valence-corrected chi connectivity index (χ3v) is 1.66. The molecule has 7 heteroatoms. The largest absolute Gasteiger partial charge is 0.486 e. The van der Waals surface area contributed by atoms with Crippen LogP contribution in [-0.2, 0) is 0 Å². The van der Waals surface area contributed by atoms with Crippen LogP contribution in [0.2, 0.25) is 0 Å². The number of nitro benzene ring substituents is 1. The molecule has 0 aliphatic rings. The molecule has 0 aromatic heterocycles. The van der Waals surface area contributed by atoms with Gasteiger partial charge in [-0.2, -0.15) is 5.26 Å². The molecule has 0 N–H and O–H groups in total. The van der Waals surface area contributed by atoms with E-state index in [0.29, 0.717) is 0 Å². The molecule has 5 nitrogen and oxygen atoms in total. The third-order valence-electron chi connectivity index (χ3n) is 1.66. The molecule has 0 saturated carbocycles. The predicted molar refractivity (Wildman–Crippen MR) is 49.3 cm³/mol. The van der Waals surface area contributed by atoms with E-state index in [2.05, 4.69) is 4.74 Å². The van der Waals surface area contributed by atoms with E-state index >= 15 is 0 Å². The average molecular weight is 228 g/mol. The first-order valence-electron chi connectivity index (χ1n) is 4.14. The van der Waals surface area contributed by atoms with Crippen molar-refractivity contribution in [2.45, 2.75) is 6.43 Å². The fourth-order valence-electron chi connectivity index (χ4n) is 0.998. The number of hydrogen-bond acceptors (Lipinski definition) is 4. The van der Waals surface area contributed by atoms with E-state index in [1.54, 1.807) is 6.07 Å². The van der Waals surface area contributed by atoms with Crippen molar-refractivity contribution in [3.05, 3.63) is 33.9 Å². The highest BCUT2D eigenvalue weighted by molar-refractivity contribution is 5.50. The van der Waals surface area contributed by atoms with Crippen LogP contribution >= 0.6 is 0 Å². The number of halogens is 2. The number of hydrogen-bond donors (Lipinski definition) is 0. The van der Waals surface area contributed by atoms with Crippen LogP contribution in [0.4, 0.5) is 14.5 Å². The molecule has 1 aromatic rings. The van der Waals surface area contributed by atoms with E-state index in [-0.39, 0.29) is 17.0 Å². The van der Waals surface area contributed by atoms with Crippen LogP contribution < -0.4 is 4.74 Å². The van der Waals surface area contributed by atoms with Gasteiger partial charge in [-0.1, -0.05) is 0 Å². The molecule has 0 bridgehead atoms. The zero-order valence-electron chi connectivity index (χ0n) is 7.89. The Balaban J connectivity index is 2.94. The molecule has 16 heavy (non-hydrogen) atoms. The lowest BCUT2D eigenvalue weighted by Gasteiger charge is -2.06. The minimum absolute atomic E-state index is 0.0894. The second-order valence-electron chi connectivity index (χ2n) is 2.75. The Hall–Kier alpha value is -2.23. The molecule has 0 aliphatic carbocycles. The van der Waals surface area contributed by atoms with Gasteiger partial charge >= 0.3 is 0 Å². The number of nitrogens with zero attached hydrogens (tertiary/aromatic N) is 2. The van der Waals surface area contributed by atoms with E-state index in [1.165, 1.54) is 0 Å². The topological polar surface area (TPSA) is 76.2 Å². The third kappa shape index (κ3) is 2.88. The first-order chi connectivity index (χ1) is 7.54. The molecule has 0 heterocycles. The maximum absolute atomic E-state index is 11.8. The molecule has 0 unspecified atom stereocenters. The van der Waals surface area contributed by atoms with Crippen molar-refractivity contribution in [3.8, 4) is 11.8 Å². The van der Waals surface area contributed by atoms with E-state index < -0.39 is 18.0 Å². The number of nitro groups is 1. The lowest BCUT2D eigenvalue weighted by atomic mass is 10.2. The molecule has 0 amide bonds. The minimum atomic E-state index is -2.67. The van der Waals surface area contributed by atoms with Gasteiger partial charge in [-0.15, -0.1) is 0 Å². The smallest absolute Gasteiger partial charge is 0.272 e. The number of ether oxygens (including phenoxy) is 1. The van der Waals surface area contributed by atoms with Crippen LogP contribution in [0.3, 0.4) is 0 Å². The first-order valence-corrected chi connectivity index (χ1v) is 4.14. The van der Waals surface area contributed by atoms with Crippen LogP contribution in [0.1, 0.15) is 5.56 Å². The molecule has 84 valence electrons. The Labute approximate surface area is 89.0 Å². The molecule has 0 aliphatic heterocycles. The normalized spacial score (nSPS) is 9.88. The Morgan fingerprint density at radius 2 is 2.25 bits per heavy atom. The van der Waals surface area contributed by atoms with Crippen molar-refractivity contribution in [2.75, 3.05) is 6.61 Å². The fourth-order valence-corrected chi connectivity index (χ4v) is 0.998. The standard InChI is InChI=1S/C9H6F2N2O3/c10-9(11)5-16-8-2-1-7(13(14)15)3-6(8)4-12/h1-3,9H,5H2. The van der Waals surface area contributed by atoms with Gasteiger partial charge in [-0.05, 0) is 6.07 Å². The summed E-state index contributed by atoms with van der Waals surface area (Å²) in [5, 5.41) is 19.0. The number of alkyl halides is 2. The van der Waals surface area contributed by atoms with E-state index in [0.717, 1.165) is 18.2 Å². The molecule has 1 aromatic carbocycles. The molecule has 0 radical (unpaired) electrons. The first kappa shape index (κ1) is 11.8. The Morgan fingerprint density at radius 3 is 2.75 bits per heavy atom. The number of benzene rings is 1. The second-order valence-corrected chi connectivity index (χ2v) is 2.75. The van der Waals surface area contributed by atoms with Gasteiger partial charge in [0.05, 0.1) is 4.92 Å². The van der Waals surface area contributed by atoms with Crippen LogP contribution in [0.15, 0.2) is 18.2 Å². The Bertz CT molecular complexity index is 443. The predicted octanol–water partition coefficient (Wildman–Crippen LogP) is 2.11. The van der Waals surface area contributed by atoms with Gasteiger partial charge in [0.25, 0.3) is 12.1 Å². The summed E-state index contributed by atoms with van der Waals surface area (Å²) in [5.74, 6) is -0.0894. The summed E-state index contributed by atoms with van der Waals surface area (Å²) in [4.78, 5) is 9.70. The van der Waals surface area contributed by atoms with Gasteiger partial charge in [0.2, 0.25) is 0 Å². The van der Waals surface area contributed by atoms with E-state index in [9.17, 15) is 18.9 Å². The van der Waals surface area contributed by atoms with Gasteiger partial charge in [0.1, 0.15) is 24.0 Å². The molecule has 1 rings (SSSR count). The number of nitriles is 1. The Morgan fingerprint density at radius 1 is 1.56 bits per heavy atom. The summed E-state index contributed by atoms with van der Waals surface area (Å²) in [6, 6.07) is 4.82. The van der Waals surface area contributed by atoms with Crippen LogP contribution in [0, 0.1) is 21.4 Å². The quantitative estimate of drug-likeness (QED) is 0.584. The van der Waals surface area contributed by atoms with E-state index in [4.69, 9.17) is 5.26 Å². The van der Waals surface area contributed by atoms with Crippen LogP contribution in [-0.4, -0.2) is 18.0 Å². The van der Waals surface area contributed by atoms with Crippen molar-refractivity contribution in [3.63, 3.8) is 0 Å². The SMILES string of the molecule is N#Cc1cc([N+](=O)[O-])ccc1OCC(F)F. The summed E-state index contributed by atoms with van der Waals surface area (Å²) >= 11 is 0. The maximum Gasteiger partial charge on any atom is 0.272 e. The molecular weight excluding hydrogens is 222 g/mol. The lowest BCUT2D eigenvalue weighted by molar-refractivity contribution is -0.384. The highest BCUT2D eigenvalue weighted by Gasteiger charge is 2.12. The van der Waals surface area contributed by atoms with Crippen LogP contribution in [0.25, 0.3) is 0 Å². The van der Waals surface area contributed by atoms with E-state index in [1.807, 2.05) is 0 Å². The molecule has 0 spiro atoms. The monoisotopic (exact) mass is 228 g/mol. The highest BCUT2D eigenvalue weighted by atomic mass is 19.3. The summed E-state index contributed by atoms with van der Waals surface area (Å²) in [5.41, 5.74) is -0.434. The second kappa shape index (κ2) is 5.02. The van der Waals surface area contributed by atoms with Gasteiger partial charge < -0.3 is 4.74 Å². The van der Waals surface area contributed by atoms with Crippen molar-refractivity contribution >= 4 is 5.69 Å². The minimum Gasteiger partial charge on any atom is -0.486 e.